The molecule has 14 heavy (non-hydrogen) atoms. The molecule has 0 bridgehead atoms. The Balaban J connectivity index is 2.42. The molecule has 0 aliphatic rings. The Bertz CT molecular complexity index is 255. The van der Waals surface area contributed by atoms with Crippen LogP contribution in [-0.4, -0.2) is 16.3 Å². The molecule has 0 aromatic carbocycles. The van der Waals surface area contributed by atoms with Gasteiger partial charge in [0.15, 0.2) is 0 Å². The van der Waals surface area contributed by atoms with Crippen molar-refractivity contribution in [1.82, 2.24) is 15.1 Å². The second-order valence-corrected chi connectivity index (χ2v) is 3.76. The van der Waals surface area contributed by atoms with Gasteiger partial charge in [0.2, 0.25) is 0 Å². The van der Waals surface area contributed by atoms with Crippen molar-refractivity contribution in [1.29, 1.82) is 0 Å². The molecule has 3 heteroatoms. The van der Waals surface area contributed by atoms with Gasteiger partial charge in [-0.15, -0.1) is 0 Å². The van der Waals surface area contributed by atoms with Crippen LogP contribution in [0.2, 0.25) is 0 Å². The quantitative estimate of drug-likeness (QED) is 0.706. The summed E-state index contributed by atoms with van der Waals surface area (Å²) in [5.41, 5.74) is 1.28. The van der Waals surface area contributed by atoms with E-state index in [2.05, 4.69) is 37.4 Å². The van der Waals surface area contributed by atoms with E-state index in [9.17, 15) is 0 Å². The molecule has 1 atom stereocenters. The van der Waals surface area contributed by atoms with E-state index in [1.54, 1.807) is 0 Å². The molecule has 0 aliphatic carbocycles. The maximum atomic E-state index is 4.34. The van der Waals surface area contributed by atoms with E-state index >= 15 is 0 Å². The SMILES string of the molecule is CCCNCc1cnn(C(C)CC)c1. The number of hydrogen-bond acceptors (Lipinski definition) is 2. The molecule has 0 aliphatic heterocycles. The third-order valence-electron chi connectivity index (χ3n) is 2.45. The predicted octanol–water partition coefficient (Wildman–Crippen LogP) is 2.35. The van der Waals surface area contributed by atoms with Gasteiger partial charge in [-0.25, -0.2) is 0 Å². The normalized spacial score (nSPS) is 13.1. The summed E-state index contributed by atoms with van der Waals surface area (Å²) >= 11 is 0. The lowest BCUT2D eigenvalue weighted by Crippen LogP contribution is -2.13. The van der Waals surface area contributed by atoms with Crippen molar-refractivity contribution in [2.75, 3.05) is 6.54 Å². The summed E-state index contributed by atoms with van der Waals surface area (Å²) in [6.45, 7) is 8.56. The van der Waals surface area contributed by atoms with Gasteiger partial charge in [-0.2, -0.15) is 5.10 Å². The molecular weight excluding hydrogens is 174 g/mol. The summed E-state index contributed by atoms with van der Waals surface area (Å²) in [4.78, 5) is 0. The van der Waals surface area contributed by atoms with E-state index in [0.29, 0.717) is 6.04 Å². The van der Waals surface area contributed by atoms with Gasteiger partial charge >= 0.3 is 0 Å². The van der Waals surface area contributed by atoms with Crippen molar-refractivity contribution in [2.45, 2.75) is 46.2 Å². The van der Waals surface area contributed by atoms with Crippen LogP contribution >= 0.6 is 0 Å². The molecule has 1 aromatic rings. The van der Waals surface area contributed by atoms with E-state index in [1.807, 2.05) is 10.9 Å². The first-order valence-electron chi connectivity index (χ1n) is 5.51. The molecule has 1 aromatic heterocycles. The fourth-order valence-electron chi connectivity index (χ4n) is 1.31. The van der Waals surface area contributed by atoms with E-state index in [0.717, 1.165) is 19.5 Å². The summed E-state index contributed by atoms with van der Waals surface area (Å²) in [5.74, 6) is 0. The molecule has 0 saturated carbocycles. The highest BCUT2D eigenvalue weighted by molar-refractivity contribution is 5.03. The molecule has 0 saturated heterocycles. The van der Waals surface area contributed by atoms with Crippen LogP contribution in [0.5, 0.6) is 0 Å². The number of nitrogens with zero attached hydrogens (tertiary/aromatic N) is 2. The molecule has 1 heterocycles. The Morgan fingerprint density at radius 3 is 2.93 bits per heavy atom. The van der Waals surface area contributed by atoms with Crippen LogP contribution in [0.15, 0.2) is 12.4 Å². The van der Waals surface area contributed by atoms with Gasteiger partial charge in [0.05, 0.1) is 6.20 Å². The number of nitrogens with one attached hydrogen (secondary N) is 1. The Labute approximate surface area is 86.5 Å². The summed E-state index contributed by atoms with van der Waals surface area (Å²) in [5, 5.41) is 7.71. The zero-order valence-electron chi connectivity index (χ0n) is 9.45. The lowest BCUT2D eigenvalue weighted by Gasteiger charge is -2.07. The molecule has 0 radical (unpaired) electrons. The minimum Gasteiger partial charge on any atom is -0.313 e. The maximum Gasteiger partial charge on any atom is 0.0534 e. The van der Waals surface area contributed by atoms with Crippen molar-refractivity contribution in [2.24, 2.45) is 0 Å². The summed E-state index contributed by atoms with van der Waals surface area (Å²) < 4.78 is 2.04. The van der Waals surface area contributed by atoms with E-state index < -0.39 is 0 Å². The van der Waals surface area contributed by atoms with Gasteiger partial charge in [-0.05, 0) is 26.3 Å². The van der Waals surface area contributed by atoms with Crippen LogP contribution in [0.1, 0.15) is 45.2 Å². The zero-order chi connectivity index (χ0) is 10.4. The lowest BCUT2D eigenvalue weighted by atomic mass is 10.3. The van der Waals surface area contributed by atoms with E-state index in [4.69, 9.17) is 0 Å². The second kappa shape index (κ2) is 5.81. The third kappa shape index (κ3) is 3.14. The van der Waals surface area contributed by atoms with Crippen molar-refractivity contribution < 1.29 is 0 Å². The molecule has 80 valence electrons. The van der Waals surface area contributed by atoms with E-state index in [1.165, 1.54) is 12.0 Å². The Kier molecular flexibility index (Phi) is 4.66. The predicted molar refractivity (Wildman–Crippen MR) is 59.2 cm³/mol. The number of rotatable bonds is 6. The highest BCUT2D eigenvalue weighted by Gasteiger charge is 2.03. The lowest BCUT2D eigenvalue weighted by molar-refractivity contribution is 0.477. The Hall–Kier alpha value is -0.830. The van der Waals surface area contributed by atoms with Crippen molar-refractivity contribution in [3.05, 3.63) is 18.0 Å². The van der Waals surface area contributed by atoms with Crippen LogP contribution in [0.4, 0.5) is 0 Å². The standard InChI is InChI=1S/C11H21N3/c1-4-6-12-7-11-8-13-14(9-11)10(3)5-2/h8-10,12H,4-7H2,1-3H3. The van der Waals surface area contributed by atoms with Gasteiger partial charge in [0.25, 0.3) is 0 Å². The molecule has 0 spiro atoms. The topological polar surface area (TPSA) is 29.9 Å². The molecule has 3 nitrogen and oxygen atoms in total. The smallest absolute Gasteiger partial charge is 0.0534 e. The average Bonchev–Trinajstić information content (AvgIpc) is 2.66. The summed E-state index contributed by atoms with van der Waals surface area (Å²) in [6.07, 6.45) is 6.40. The van der Waals surface area contributed by atoms with Gasteiger partial charge < -0.3 is 5.32 Å². The van der Waals surface area contributed by atoms with Gasteiger partial charge in [-0.1, -0.05) is 13.8 Å². The van der Waals surface area contributed by atoms with Crippen LogP contribution in [0, 0.1) is 0 Å². The zero-order valence-corrected chi connectivity index (χ0v) is 9.45. The fourth-order valence-corrected chi connectivity index (χ4v) is 1.31. The van der Waals surface area contributed by atoms with Crippen molar-refractivity contribution >= 4 is 0 Å². The van der Waals surface area contributed by atoms with Gasteiger partial charge in [0, 0.05) is 24.3 Å². The first-order valence-corrected chi connectivity index (χ1v) is 5.51. The first kappa shape index (κ1) is 11.2. The molecule has 1 rings (SSSR count). The summed E-state index contributed by atoms with van der Waals surface area (Å²) in [7, 11) is 0. The molecule has 1 N–H and O–H groups in total. The fraction of sp³-hybridized carbons (Fsp3) is 0.727. The Morgan fingerprint density at radius 1 is 1.50 bits per heavy atom. The van der Waals surface area contributed by atoms with Gasteiger partial charge in [-0.3, -0.25) is 4.68 Å². The maximum absolute atomic E-state index is 4.34. The van der Waals surface area contributed by atoms with Crippen LogP contribution in [-0.2, 0) is 6.54 Å². The minimum atomic E-state index is 0.509. The minimum absolute atomic E-state index is 0.509. The van der Waals surface area contributed by atoms with Crippen LogP contribution in [0.25, 0.3) is 0 Å². The van der Waals surface area contributed by atoms with Crippen LogP contribution < -0.4 is 5.32 Å². The highest BCUT2D eigenvalue weighted by Crippen LogP contribution is 2.09. The Morgan fingerprint density at radius 2 is 2.29 bits per heavy atom. The summed E-state index contributed by atoms with van der Waals surface area (Å²) in [6, 6.07) is 0.509. The molecule has 0 fully saturated rings. The second-order valence-electron chi connectivity index (χ2n) is 3.76. The molecule has 0 amide bonds. The van der Waals surface area contributed by atoms with Gasteiger partial charge in [0.1, 0.15) is 0 Å². The molecular formula is C11H21N3. The number of aromatic nitrogens is 2. The van der Waals surface area contributed by atoms with E-state index in [-0.39, 0.29) is 0 Å². The number of hydrogen-bond donors (Lipinski definition) is 1. The highest BCUT2D eigenvalue weighted by atomic mass is 15.3. The van der Waals surface area contributed by atoms with Crippen molar-refractivity contribution in [3.63, 3.8) is 0 Å². The molecule has 1 unspecified atom stereocenters. The van der Waals surface area contributed by atoms with Crippen LogP contribution in [0.3, 0.4) is 0 Å². The van der Waals surface area contributed by atoms with Crippen molar-refractivity contribution in [3.8, 4) is 0 Å². The third-order valence-corrected chi connectivity index (χ3v) is 2.45. The monoisotopic (exact) mass is 195 g/mol. The largest absolute Gasteiger partial charge is 0.313 e. The average molecular weight is 195 g/mol. The first-order chi connectivity index (χ1) is 6.77.